The summed E-state index contributed by atoms with van der Waals surface area (Å²) in [4.78, 5) is 4.19. The SMILES string of the molecule is NN1[C@H]2NN(c3ccccn3)[C@H]21. The van der Waals surface area contributed by atoms with Crippen LogP contribution in [0.25, 0.3) is 0 Å². The molecular formula is C7H9N5. The Morgan fingerprint density at radius 2 is 2.42 bits per heavy atom. The Labute approximate surface area is 69.7 Å². The molecule has 2 aliphatic rings. The van der Waals surface area contributed by atoms with E-state index in [4.69, 9.17) is 5.84 Å². The molecule has 3 heterocycles. The Morgan fingerprint density at radius 3 is 2.92 bits per heavy atom. The van der Waals surface area contributed by atoms with Gasteiger partial charge in [-0.05, 0) is 12.1 Å². The monoisotopic (exact) mass is 163 g/mol. The molecule has 3 N–H and O–H groups in total. The van der Waals surface area contributed by atoms with Gasteiger partial charge in [-0.15, -0.1) is 0 Å². The molecule has 0 spiro atoms. The number of nitrogens with zero attached hydrogens (tertiary/aromatic N) is 3. The zero-order valence-electron chi connectivity index (χ0n) is 6.38. The summed E-state index contributed by atoms with van der Waals surface area (Å²) >= 11 is 0. The van der Waals surface area contributed by atoms with Gasteiger partial charge in [-0.25, -0.2) is 10.4 Å². The van der Waals surface area contributed by atoms with E-state index >= 15 is 0 Å². The van der Waals surface area contributed by atoms with Crippen molar-refractivity contribution in [3.8, 4) is 0 Å². The Hall–Kier alpha value is -1.17. The van der Waals surface area contributed by atoms with Gasteiger partial charge in [0.1, 0.15) is 18.1 Å². The first-order valence-corrected chi connectivity index (χ1v) is 3.87. The van der Waals surface area contributed by atoms with Crippen molar-refractivity contribution >= 4 is 5.82 Å². The van der Waals surface area contributed by atoms with E-state index in [1.165, 1.54) is 0 Å². The summed E-state index contributed by atoms with van der Waals surface area (Å²) in [7, 11) is 0. The van der Waals surface area contributed by atoms with E-state index < -0.39 is 0 Å². The molecule has 1 aromatic rings. The van der Waals surface area contributed by atoms with E-state index in [2.05, 4.69) is 10.4 Å². The summed E-state index contributed by atoms with van der Waals surface area (Å²) < 4.78 is 0. The Kier molecular flexibility index (Phi) is 1.03. The molecule has 5 nitrogen and oxygen atoms in total. The second-order valence-corrected chi connectivity index (χ2v) is 2.99. The summed E-state index contributed by atoms with van der Waals surface area (Å²) in [6.07, 6.45) is 2.43. The second-order valence-electron chi connectivity index (χ2n) is 2.99. The van der Waals surface area contributed by atoms with E-state index in [0.29, 0.717) is 12.3 Å². The van der Waals surface area contributed by atoms with Crippen molar-refractivity contribution in [2.45, 2.75) is 12.3 Å². The van der Waals surface area contributed by atoms with Crippen molar-refractivity contribution in [1.29, 1.82) is 0 Å². The number of fused-ring (bicyclic) bond motifs is 1. The van der Waals surface area contributed by atoms with Crippen LogP contribution in [0.2, 0.25) is 0 Å². The standard InChI is InChI=1S/C7H9N5/c8-11-6-7(11)12(10-6)5-3-1-2-4-9-5/h1-4,6-7,10H,8H2/t6-,7-,11?/m1/s1. The van der Waals surface area contributed by atoms with Gasteiger partial charge in [0.05, 0.1) is 0 Å². The smallest absolute Gasteiger partial charge is 0.145 e. The molecule has 0 bridgehead atoms. The Balaban J connectivity index is 1.84. The number of rotatable bonds is 1. The third-order valence-corrected chi connectivity index (χ3v) is 2.25. The fourth-order valence-corrected chi connectivity index (χ4v) is 1.48. The van der Waals surface area contributed by atoms with E-state index in [1.807, 2.05) is 23.2 Å². The van der Waals surface area contributed by atoms with Crippen LogP contribution in [0.15, 0.2) is 24.4 Å². The van der Waals surface area contributed by atoms with Gasteiger partial charge in [-0.2, -0.15) is 5.01 Å². The summed E-state index contributed by atoms with van der Waals surface area (Å²) in [6.45, 7) is 0. The average molecular weight is 163 g/mol. The number of anilines is 1. The lowest BCUT2D eigenvalue weighted by molar-refractivity contribution is 0.496. The van der Waals surface area contributed by atoms with Crippen molar-refractivity contribution in [3.63, 3.8) is 0 Å². The minimum absolute atomic E-state index is 0.319. The molecule has 0 aromatic carbocycles. The molecule has 62 valence electrons. The lowest BCUT2D eigenvalue weighted by Crippen LogP contribution is -2.54. The van der Waals surface area contributed by atoms with Crippen LogP contribution >= 0.6 is 0 Å². The third-order valence-electron chi connectivity index (χ3n) is 2.25. The van der Waals surface area contributed by atoms with Crippen LogP contribution in [0.3, 0.4) is 0 Å². The number of hydrazine groups is 2. The zero-order chi connectivity index (χ0) is 8.13. The first-order chi connectivity index (χ1) is 5.88. The fraction of sp³-hybridized carbons (Fsp3) is 0.286. The molecule has 0 radical (unpaired) electrons. The summed E-state index contributed by atoms with van der Waals surface area (Å²) in [5.41, 5.74) is 3.15. The van der Waals surface area contributed by atoms with Crippen molar-refractivity contribution in [3.05, 3.63) is 24.4 Å². The molecule has 5 heteroatoms. The topological polar surface area (TPSA) is 57.2 Å². The molecule has 2 saturated heterocycles. The molecule has 2 aliphatic heterocycles. The second kappa shape index (κ2) is 1.95. The van der Waals surface area contributed by atoms with Crippen LogP contribution in [0.1, 0.15) is 0 Å². The van der Waals surface area contributed by atoms with Crippen LogP contribution in [0, 0.1) is 0 Å². The van der Waals surface area contributed by atoms with Crippen LogP contribution < -0.4 is 16.3 Å². The highest BCUT2D eigenvalue weighted by molar-refractivity contribution is 5.44. The van der Waals surface area contributed by atoms with E-state index in [0.717, 1.165) is 5.82 Å². The fourth-order valence-electron chi connectivity index (χ4n) is 1.48. The van der Waals surface area contributed by atoms with Gasteiger partial charge in [0, 0.05) is 6.20 Å². The van der Waals surface area contributed by atoms with Crippen LogP contribution in [0.4, 0.5) is 5.82 Å². The average Bonchev–Trinajstić information content (AvgIpc) is 2.53. The van der Waals surface area contributed by atoms with Gasteiger partial charge in [0.25, 0.3) is 0 Å². The maximum absolute atomic E-state index is 5.60. The number of nitrogens with one attached hydrogen (secondary N) is 1. The minimum atomic E-state index is 0.319. The predicted octanol–water partition coefficient (Wildman–Crippen LogP) is -0.752. The third kappa shape index (κ3) is 0.651. The highest BCUT2D eigenvalue weighted by Crippen LogP contribution is 2.35. The van der Waals surface area contributed by atoms with Crippen LogP contribution in [-0.4, -0.2) is 22.3 Å². The van der Waals surface area contributed by atoms with Crippen molar-refractivity contribution in [2.75, 3.05) is 5.01 Å². The molecular weight excluding hydrogens is 154 g/mol. The van der Waals surface area contributed by atoms with E-state index in [9.17, 15) is 0 Å². The molecule has 1 aromatic heterocycles. The number of nitrogens with two attached hydrogens (primary N) is 1. The van der Waals surface area contributed by atoms with Gasteiger partial charge in [0.15, 0.2) is 0 Å². The van der Waals surface area contributed by atoms with Gasteiger partial charge >= 0.3 is 0 Å². The number of pyridine rings is 1. The first-order valence-electron chi connectivity index (χ1n) is 3.87. The summed E-state index contributed by atoms with van der Waals surface area (Å²) in [5, 5.41) is 3.72. The normalized spacial score (nSPS) is 37.1. The first kappa shape index (κ1) is 6.36. The molecule has 12 heavy (non-hydrogen) atoms. The summed E-state index contributed by atoms with van der Waals surface area (Å²) in [6, 6.07) is 5.81. The van der Waals surface area contributed by atoms with Crippen LogP contribution in [0.5, 0.6) is 0 Å². The molecule has 0 amide bonds. The molecule has 0 aliphatic carbocycles. The molecule has 0 saturated carbocycles. The van der Waals surface area contributed by atoms with Crippen LogP contribution in [-0.2, 0) is 0 Å². The predicted molar refractivity (Wildman–Crippen MR) is 43.5 cm³/mol. The number of hydrogen-bond acceptors (Lipinski definition) is 5. The number of hydrogen-bond donors (Lipinski definition) is 2. The van der Waals surface area contributed by atoms with Gasteiger partial charge in [0.2, 0.25) is 0 Å². The lowest BCUT2D eigenvalue weighted by Gasteiger charge is -2.29. The van der Waals surface area contributed by atoms with Crippen molar-refractivity contribution in [2.24, 2.45) is 5.84 Å². The van der Waals surface area contributed by atoms with E-state index in [1.54, 1.807) is 11.2 Å². The Morgan fingerprint density at radius 1 is 1.50 bits per heavy atom. The number of aromatic nitrogens is 1. The van der Waals surface area contributed by atoms with E-state index in [-0.39, 0.29) is 0 Å². The molecule has 3 rings (SSSR count). The Bertz CT molecular complexity index is 296. The highest BCUT2D eigenvalue weighted by Gasteiger charge is 2.60. The molecule has 2 fully saturated rings. The molecule has 1 unspecified atom stereocenters. The lowest BCUT2D eigenvalue weighted by atomic mass is 10.4. The largest absolute Gasteiger partial charge is 0.268 e. The quantitative estimate of drug-likeness (QED) is 0.421. The summed E-state index contributed by atoms with van der Waals surface area (Å²) in [5.74, 6) is 6.52. The van der Waals surface area contributed by atoms with Gasteiger partial charge < -0.3 is 0 Å². The van der Waals surface area contributed by atoms with Crippen molar-refractivity contribution < 1.29 is 0 Å². The zero-order valence-corrected chi connectivity index (χ0v) is 6.38. The highest BCUT2D eigenvalue weighted by atomic mass is 15.9. The maximum Gasteiger partial charge on any atom is 0.145 e. The minimum Gasteiger partial charge on any atom is -0.268 e. The van der Waals surface area contributed by atoms with Gasteiger partial charge in [-0.3, -0.25) is 10.9 Å². The van der Waals surface area contributed by atoms with Gasteiger partial charge in [-0.1, -0.05) is 6.07 Å². The molecule has 3 atom stereocenters. The van der Waals surface area contributed by atoms with Crippen molar-refractivity contribution in [1.82, 2.24) is 15.4 Å². The maximum atomic E-state index is 5.60.